The molecule has 10 N–H and O–H groups in total. The topological polar surface area (TPSA) is 243 Å². The number of carboxylic acids is 1. The normalized spacial score (nSPS) is 14.1. The van der Waals surface area contributed by atoms with Crippen LogP contribution in [0.15, 0.2) is 36.8 Å². The fourth-order valence-electron chi connectivity index (χ4n) is 3.68. The number of aromatic nitrogens is 2. The Morgan fingerprint density at radius 2 is 1.56 bits per heavy atom. The fourth-order valence-corrected chi connectivity index (χ4v) is 3.68. The van der Waals surface area contributed by atoms with Gasteiger partial charge in [0.2, 0.25) is 23.6 Å². The molecule has 39 heavy (non-hydrogen) atoms. The molecular weight excluding hydrogens is 510 g/mol. The molecule has 2 rings (SSSR count). The van der Waals surface area contributed by atoms with Gasteiger partial charge in [0.25, 0.3) is 0 Å². The first-order valence-electron chi connectivity index (χ1n) is 12.3. The summed E-state index contributed by atoms with van der Waals surface area (Å²) in [4.78, 5) is 68.9. The number of nitrogens with two attached hydrogens (primary N) is 2. The van der Waals surface area contributed by atoms with Crippen LogP contribution in [-0.4, -0.2) is 73.9 Å². The Bertz CT molecular complexity index is 1140. The minimum atomic E-state index is -1.27. The smallest absolute Gasteiger partial charge is 0.326 e. The number of phenolic OH excluding ortho intramolecular Hbond substituents is 1. The number of carbonyl (C=O) groups excluding carboxylic acids is 4. The van der Waals surface area contributed by atoms with Crippen LogP contribution >= 0.6 is 0 Å². The van der Waals surface area contributed by atoms with Crippen molar-refractivity contribution in [2.75, 3.05) is 0 Å². The lowest BCUT2D eigenvalue weighted by atomic mass is 10.0. The van der Waals surface area contributed by atoms with Gasteiger partial charge in [0.05, 0.1) is 12.4 Å². The second-order valence-electron chi connectivity index (χ2n) is 9.45. The summed E-state index contributed by atoms with van der Waals surface area (Å²) in [5.74, 6) is -4.65. The van der Waals surface area contributed by atoms with Gasteiger partial charge >= 0.3 is 5.97 Å². The van der Waals surface area contributed by atoms with Gasteiger partial charge in [-0.15, -0.1) is 0 Å². The summed E-state index contributed by atoms with van der Waals surface area (Å²) in [5, 5.41) is 26.5. The number of carboxylic acid groups (broad SMARTS) is 1. The van der Waals surface area contributed by atoms with E-state index in [1.165, 1.54) is 24.7 Å². The van der Waals surface area contributed by atoms with Gasteiger partial charge in [-0.3, -0.25) is 19.2 Å². The van der Waals surface area contributed by atoms with Crippen molar-refractivity contribution in [3.05, 3.63) is 48.0 Å². The summed E-state index contributed by atoms with van der Waals surface area (Å²) >= 11 is 0. The Morgan fingerprint density at radius 3 is 2.10 bits per heavy atom. The number of benzene rings is 1. The summed E-state index contributed by atoms with van der Waals surface area (Å²) < 4.78 is 0. The second-order valence-corrected chi connectivity index (χ2v) is 9.45. The van der Waals surface area contributed by atoms with E-state index in [0.717, 1.165) is 0 Å². The van der Waals surface area contributed by atoms with Crippen molar-refractivity contribution in [3.63, 3.8) is 0 Å². The van der Waals surface area contributed by atoms with Gasteiger partial charge in [0.1, 0.15) is 23.9 Å². The molecule has 1 aromatic carbocycles. The molecule has 1 aromatic heterocycles. The van der Waals surface area contributed by atoms with Gasteiger partial charge in [-0.25, -0.2) is 9.78 Å². The number of primary amides is 1. The van der Waals surface area contributed by atoms with Crippen LogP contribution in [0, 0.1) is 5.92 Å². The number of rotatable bonds is 15. The molecule has 0 saturated carbocycles. The first kappa shape index (κ1) is 30.8. The molecule has 1 heterocycles. The van der Waals surface area contributed by atoms with E-state index in [2.05, 4.69) is 25.9 Å². The number of phenols is 1. The first-order chi connectivity index (χ1) is 18.4. The molecule has 0 aliphatic heterocycles. The Kier molecular flexibility index (Phi) is 11.4. The molecule has 4 atom stereocenters. The van der Waals surface area contributed by atoms with Crippen molar-refractivity contribution < 1.29 is 34.2 Å². The van der Waals surface area contributed by atoms with Crippen molar-refractivity contribution >= 4 is 29.6 Å². The number of imidazole rings is 1. The zero-order valence-corrected chi connectivity index (χ0v) is 21.7. The number of hydrogen-bond donors (Lipinski definition) is 8. The minimum Gasteiger partial charge on any atom is -0.508 e. The predicted molar refractivity (Wildman–Crippen MR) is 139 cm³/mol. The number of aliphatic carboxylic acids is 1. The van der Waals surface area contributed by atoms with Gasteiger partial charge < -0.3 is 42.6 Å². The maximum absolute atomic E-state index is 13.3. The van der Waals surface area contributed by atoms with Crippen LogP contribution in [0.4, 0.5) is 0 Å². The first-order valence-corrected chi connectivity index (χ1v) is 12.3. The van der Waals surface area contributed by atoms with Gasteiger partial charge in [0, 0.05) is 31.2 Å². The van der Waals surface area contributed by atoms with E-state index < -0.39 is 59.7 Å². The van der Waals surface area contributed by atoms with E-state index in [-0.39, 0.29) is 31.4 Å². The average molecular weight is 546 g/mol. The Labute approximate surface area is 224 Å². The third-order valence-electron chi connectivity index (χ3n) is 5.88. The van der Waals surface area contributed by atoms with Gasteiger partial charge in [0.15, 0.2) is 0 Å². The largest absolute Gasteiger partial charge is 0.508 e. The molecule has 0 aliphatic carbocycles. The number of H-pyrrole nitrogens is 1. The highest BCUT2D eigenvalue weighted by molar-refractivity contribution is 5.94. The van der Waals surface area contributed by atoms with Gasteiger partial charge in [-0.2, -0.15) is 0 Å². The van der Waals surface area contributed by atoms with Crippen LogP contribution in [0.2, 0.25) is 0 Å². The van der Waals surface area contributed by atoms with Crippen LogP contribution in [0.25, 0.3) is 0 Å². The number of aromatic hydroxyl groups is 1. The SMILES string of the molecule is CC(C)C(NC(=O)C(Cc1ccc(O)cc1)NC(=O)C(CCC(N)=O)NC(=O)C(N)Cc1cnc[nH]1)C(=O)O. The third-order valence-corrected chi connectivity index (χ3v) is 5.88. The lowest BCUT2D eigenvalue weighted by Gasteiger charge is -2.26. The molecule has 4 amide bonds. The van der Waals surface area contributed by atoms with E-state index in [1.807, 2.05) is 0 Å². The summed E-state index contributed by atoms with van der Waals surface area (Å²) in [7, 11) is 0. The molecule has 0 bridgehead atoms. The molecule has 2 aromatic rings. The Hall–Kier alpha value is -4.46. The fraction of sp³-hybridized carbons (Fsp3) is 0.440. The van der Waals surface area contributed by atoms with E-state index in [1.54, 1.807) is 26.0 Å². The monoisotopic (exact) mass is 545 g/mol. The summed E-state index contributed by atoms with van der Waals surface area (Å²) in [6.45, 7) is 3.24. The third kappa shape index (κ3) is 10.1. The zero-order chi connectivity index (χ0) is 29.1. The molecule has 14 nitrogen and oxygen atoms in total. The second kappa shape index (κ2) is 14.5. The van der Waals surface area contributed by atoms with Crippen molar-refractivity contribution in [1.29, 1.82) is 0 Å². The maximum Gasteiger partial charge on any atom is 0.326 e. The molecule has 4 unspecified atom stereocenters. The molecule has 14 heteroatoms. The average Bonchev–Trinajstić information content (AvgIpc) is 3.38. The highest BCUT2D eigenvalue weighted by Crippen LogP contribution is 2.13. The van der Waals surface area contributed by atoms with E-state index in [0.29, 0.717) is 11.3 Å². The van der Waals surface area contributed by atoms with E-state index in [4.69, 9.17) is 11.5 Å². The maximum atomic E-state index is 13.3. The van der Waals surface area contributed by atoms with Crippen molar-refractivity contribution in [3.8, 4) is 5.75 Å². The highest BCUT2D eigenvalue weighted by Gasteiger charge is 2.31. The summed E-state index contributed by atoms with van der Waals surface area (Å²) in [6.07, 6.45) is 2.57. The zero-order valence-electron chi connectivity index (χ0n) is 21.7. The number of hydrogen-bond acceptors (Lipinski definition) is 8. The Morgan fingerprint density at radius 1 is 0.949 bits per heavy atom. The standard InChI is InChI=1S/C25H35N7O7/c1-13(2)21(25(38)39)32-24(37)19(9-14-3-5-16(33)6-4-14)31-23(36)18(7-8-20(27)34)30-22(35)17(26)10-15-11-28-12-29-15/h3-6,11-13,17-19,21,33H,7-10,26H2,1-2H3,(H2,27,34)(H,28,29)(H,30,35)(H,31,36)(H,32,37)(H,38,39). The number of nitrogens with zero attached hydrogens (tertiary/aromatic N) is 1. The lowest BCUT2D eigenvalue weighted by molar-refractivity contribution is -0.143. The van der Waals surface area contributed by atoms with E-state index in [9.17, 15) is 34.2 Å². The Balaban J connectivity index is 2.24. The number of nitrogens with one attached hydrogen (secondary N) is 4. The molecule has 212 valence electrons. The van der Waals surface area contributed by atoms with E-state index >= 15 is 0 Å². The van der Waals surface area contributed by atoms with Crippen molar-refractivity contribution in [2.45, 2.75) is 63.7 Å². The van der Waals surface area contributed by atoms with Crippen LogP contribution in [0.3, 0.4) is 0 Å². The van der Waals surface area contributed by atoms with Gasteiger partial charge in [-0.1, -0.05) is 26.0 Å². The highest BCUT2D eigenvalue weighted by atomic mass is 16.4. The summed E-state index contributed by atoms with van der Waals surface area (Å²) in [5.41, 5.74) is 12.4. The molecule has 0 aliphatic rings. The molecule has 0 fully saturated rings. The molecule has 0 radical (unpaired) electrons. The molecule has 0 saturated heterocycles. The van der Waals surface area contributed by atoms with Gasteiger partial charge in [-0.05, 0) is 30.0 Å². The number of amides is 4. The quantitative estimate of drug-likeness (QED) is 0.132. The van der Waals surface area contributed by atoms with Crippen molar-refractivity contribution in [2.24, 2.45) is 17.4 Å². The lowest BCUT2D eigenvalue weighted by Crippen LogP contribution is -2.58. The molecule has 0 spiro atoms. The van der Waals surface area contributed by atoms with Crippen LogP contribution in [-0.2, 0) is 36.8 Å². The minimum absolute atomic E-state index is 0.00441. The molecular formula is C25H35N7O7. The number of carbonyl (C=O) groups is 5. The van der Waals surface area contributed by atoms with Crippen molar-refractivity contribution in [1.82, 2.24) is 25.9 Å². The predicted octanol–water partition coefficient (Wildman–Crippen LogP) is -1.31. The van der Waals surface area contributed by atoms with Crippen LogP contribution in [0.1, 0.15) is 37.9 Å². The van der Waals surface area contributed by atoms with Crippen LogP contribution < -0.4 is 27.4 Å². The van der Waals surface area contributed by atoms with Crippen LogP contribution in [0.5, 0.6) is 5.75 Å². The number of aromatic amines is 1. The summed E-state index contributed by atoms with van der Waals surface area (Å²) in [6, 6.07) is 1.09.